The molecule has 1 N–H and O–H groups in total. The van der Waals surface area contributed by atoms with E-state index in [1.165, 1.54) is 0 Å². The smallest absolute Gasteiger partial charge is 0.351 e. The Bertz CT molecular complexity index is 602. The molecule has 2 nitrogen and oxygen atoms in total. The van der Waals surface area contributed by atoms with E-state index in [1.54, 1.807) is 31.2 Å². The van der Waals surface area contributed by atoms with Gasteiger partial charge in [0.05, 0.1) is 12.5 Å². The lowest BCUT2D eigenvalue weighted by molar-refractivity contribution is -0.141. The molecule has 0 saturated carbocycles. The quantitative estimate of drug-likeness (QED) is 0.810. The molecule has 0 aliphatic carbocycles. The first-order chi connectivity index (χ1) is 7.93. The van der Waals surface area contributed by atoms with Gasteiger partial charge in [-0.05, 0) is 19.1 Å². The van der Waals surface area contributed by atoms with E-state index in [2.05, 4.69) is 4.98 Å². The lowest BCUT2D eigenvalue weighted by Gasteiger charge is -2.05. The summed E-state index contributed by atoms with van der Waals surface area (Å²) in [5, 5.41) is 9.10. The van der Waals surface area contributed by atoms with Gasteiger partial charge in [-0.1, -0.05) is 11.6 Å². The molecule has 0 unspecified atom stereocenters. The topological polar surface area (TPSA) is 39.6 Å². The number of benzene rings is 1. The predicted molar refractivity (Wildman–Crippen MR) is 57.4 cm³/mol. The molecule has 0 radical (unpaired) electrons. The van der Waals surface area contributed by atoms with E-state index in [4.69, 9.17) is 5.26 Å². The number of hydrogen-bond acceptors (Lipinski definition) is 1. The third-order valence-electron chi connectivity index (χ3n) is 2.60. The second-order valence-electron chi connectivity index (χ2n) is 3.86. The van der Waals surface area contributed by atoms with Crippen LogP contribution in [0.3, 0.4) is 0 Å². The van der Waals surface area contributed by atoms with Gasteiger partial charge in [0.15, 0.2) is 0 Å². The first kappa shape index (κ1) is 11.5. The first-order valence-electron chi connectivity index (χ1n) is 4.99. The van der Waals surface area contributed by atoms with Gasteiger partial charge in [0.25, 0.3) is 0 Å². The van der Waals surface area contributed by atoms with Crippen LogP contribution in [0.1, 0.15) is 16.8 Å². The summed E-state index contributed by atoms with van der Waals surface area (Å²) in [6, 6.07) is 6.76. The van der Waals surface area contributed by atoms with E-state index in [9.17, 15) is 13.2 Å². The van der Waals surface area contributed by atoms with Crippen LogP contribution in [-0.4, -0.2) is 4.98 Å². The van der Waals surface area contributed by atoms with E-state index < -0.39 is 11.9 Å². The van der Waals surface area contributed by atoms with E-state index in [1.807, 2.05) is 0 Å². The van der Waals surface area contributed by atoms with Crippen molar-refractivity contribution in [3.05, 3.63) is 35.0 Å². The number of aromatic amines is 1. The number of nitrogens with one attached hydrogen (secondary N) is 1. The van der Waals surface area contributed by atoms with Crippen LogP contribution in [0.15, 0.2) is 18.2 Å². The van der Waals surface area contributed by atoms with Gasteiger partial charge in [0.1, 0.15) is 5.69 Å². The van der Waals surface area contributed by atoms with Crippen molar-refractivity contribution in [2.75, 3.05) is 0 Å². The Morgan fingerprint density at radius 3 is 2.65 bits per heavy atom. The van der Waals surface area contributed by atoms with Crippen molar-refractivity contribution in [3.63, 3.8) is 0 Å². The van der Waals surface area contributed by atoms with Crippen molar-refractivity contribution in [1.29, 1.82) is 5.26 Å². The van der Waals surface area contributed by atoms with Crippen molar-refractivity contribution in [1.82, 2.24) is 4.98 Å². The molecule has 0 fully saturated rings. The number of H-pyrrole nitrogens is 1. The Morgan fingerprint density at radius 2 is 2.06 bits per heavy atom. The molecule has 88 valence electrons. The lowest BCUT2D eigenvalue weighted by atomic mass is 10.1. The summed E-state index contributed by atoms with van der Waals surface area (Å²) in [5.41, 5.74) is 0.482. The van der Waals surface area contributed by atoms with Crippen molar-refractivity contribution in [2.45, 2.75) is 19.5 Å². The molecule has 5 heteroatoms. The maximum atomic E-state index is 12.8. The van der Waals surface area contributed by atoms with Gasteiger partial charge in [0, 0.05) is 16.5 Å². The Morgan fingerprint density at radius 1 is 1.35 bits per heavy atom. The molecule has 2 aromatic rings. The van der Waals surface area contributed by atoms with Crippen LogP contribution in [0.5, 0.6) is 0 Å². The van der Waals surface area contributed by atoms with Crippen LogP contribution in [0, 0.1) is 18.3 Å². The summed E-state index contributed by atoms with van der Waals surface area (Å²) >= 11 is 0. The van der Waals surface area contributed by atoms with Crippen LogP contribution in [0.25, 0.3) is 10.9 Å². The number of fused-ring (bicyclic) bond motifs is 1. The molecule has 17 heavy (non-hydrogen) atoms. The van der Waals surface area contributed by atoms with Gasteiger partial charge in [-0.3, -0.25) is 0 Å². The van der Waals surface area contributed by atoms with Crippen LogP contribution in [0.4, 0.5) is 13.2 Å². The summed E-state index contributed by atoms with van der Waals surface area (Å²) in [5.74, 6) is 0. The first-order valence-corrected chi connectivity index (χ1v) is 4.99. The minimum Gasteiger partial charge on any atom is -0.351 e. The average Bonchev–Trinajstić information content (AvgIpc) is 2.57. The Kier molecular flexibility index (Phi) is 2.58. The number of rotatable bonds is 1. The Balaban J connectivity index is 2.77. The molecule has 0 aliphatic rings. The normalized spacial score (nSPS) is 11.7. The standard InChI is InChI=1S/C12H9F3N2/c1-7-2-3-10-9(6-7)8(4-5-16)11(17-10)12(13,14)15/h2-3,6,17H,4H2,1H3. The van der Waals surface area contributed by atoms with E-state index in [-0.39, 0.29) is 12.0 Å². The molecular formula is C12H9F3N2. The third-order valence-corrected chi connectivity index (χ3v) is 2.60. The largest absolute Gasteiger partial charge is 0.431 e. The minimum atomic E-state index is -4.46. The van der Waals surface area contributed by atoms with Gasteiger partial charge in [-0.2, -0.15) is 18.4 Å². The van der Waals surface area contributed by atoms with Crippen LogP contribution in [-0.2, 0) is 12.6 Å². The zero-order valence-corrected chi connectivity index (χ0v) is 9.02. The van der Waals surface area contributed by atoms with Crippen LogP contribution < -0.4 is 0 Å². The molecule has 0 bridgehead atoms. The SMILES string of the molecule is Cc1ccc2[nH]c(C(F)(F)F)c(CC#N)c2c1. The molecule has 1 aromatic carbocycles. The molecule has 0 amide bonds. The number of aryl methyl sites for hydroxylation is 1. The molecule has 2 rings (SSSR count). The number of aromatic nitrogens is 1. The highest BCUT2D eigenvalue weighted by molar-refractivity contribution is 5.85. The maximum absolute atomic E-state index is 12.8. The van der Waals surface area contributed by atoms with Crippen LogP contribution in [0.2, 0.25) is 0 Å². The monoisotopic (exact) mass is 238 g/mol. The highest BCUT2D eigenvalue weighted by Crippen LogP contribution is 2.35. The van der Waals surface area contributed by atoms with Crippen molar-refractivity contribution >= 4 is 10.9 Å². The van der Waals surface area contributed by atoms with Crippen molar-refractivity contribution < 1.29 is 13.2 Å². The van der Waals surface area contributed by atoms with Gasteiger partial charge in [-0.15, -0.1) is 0 Å². The van der Waals surface area contributed by atoms with Gasteiger partial charge in [-0.25, -0.2) is 0 Å². The molecule has 1 heterocycles. The Labute approximate surface area is 95.7 Å². The fourth-order valence-electron chi connectivity index (χ4n) is 1.87. The van der Waals surface area contributed by atoms with E-state index in [0.717, 1.165) is 5.56 Å². The molecular weight excluding hydrogens is 229 g/mol. The molecule has 0 saturated heterocycles. The second kappa shape index (κ2) is 3.81. The zero-order valence-electron chi connectivity index (χ0n) is 9.02. The number of alkyl halides is 3. The number of halogens is 3. The lowest BCUT2D eigenvalue weighted by Crippen LogP contribution is -2.08. The van der Waals surface area contributed by atoms with Gasteiger partial charge < -0.3 is 4.98 Å². The maximum Gasteiger partial charge on any atom is 0.431 e. The highest BCUT2D eigenvalue weighted by atomic mass is 19.4. The summed E-state index contributed by atoms with van der Waals surface area (Å²) < 4.78 is 38.3. The van der Waals surface area contributed by atoms with Gasteiger partial charge >= 0.3 is 6.18 Å². The fraction of sp³-hybridized carbons (Fsp3) is 0.250. The number of nitrogens with zero attached hydrogens (tertiary/aromatic N) is 1. The molecule has 0 spiro atoms. The fourth-order valence-corrected chi connectivity index (χ4v) is 1.87. The van der Waals surface area contributed by atoms with Gasteiger partial charge in [0.2, 0.25) is 0 Å². The second-order valence-corrected chi connectivity index (χ2v) is 3.86. The minimum absolute atomic E-state index is 0.0266. The Hall–Kier alpha value is -1.96. The summed E-state index contributed by atoms with van der Waals surface area (Å²) in [4.78, 5) is 2.34. The molecule has 1 aromatic heterocycles. The van der Waals surface area contributed by atoms with E-state index in [0.29, 0.717) is 10.9 Å². The average molecular weight is 238 g/mol. The van der Waals surface area contributed by atoms with E-state index >= 15 is 0 Å². The zero-order chi connectivity index (χ0) is 12.6. The van der Waals surface area contributed by atoms with Crippen LogP contribution >= 0.6 is 0 Å². The van der Waals surface area contributed by atoms with Crippen molar-refractivity contribution in [3.8, 4) is 6.07 Å². The van der Waals surface area contributed by atoms with Crippen molar-refractivity contribution in [2.24, 2.45) is 0 Å². The number of nitriles is 1. The molecule has 0 atom stereocenters. The predicted octanol–water partition coefficient (Wildman–Crippen LogP) is 3.56. The summed E-state index contributed by atoms with van der Waals surface area (Å²) in [6.45, 7) is 1.80. The summed E-state index contributed by atoms with van der Waals surface area (Å²) in [7, 11) is 0. The molecule has 0 aliphatic heterocycles. The summed E-state index contributed by atoms with van der Waals surface area (Å²) in [6.07, 6.45) is -4.71. The highest BCUT2D eigenvalue weighted by Gasteiger charge is 2.36. The number of hydrogen-bond donors (Lipinski definition) is 1. The third kappa shape index (κ3) is 1.98.